The molecule has 0 N–H and O–H groups in total. The summed E-state index contributed by atoms with van der Waals surface area (Å²) in [5.74, 6) is 0.493. The number of hydrogen-bond acceptors (Lipinski definition) is 2. The van der Waals surface area contributed by atoms with Crippen molar-refractivity contribution >= 4 is 16.7 Å². The lowest BCUT2D eigenvalue weighted by atomic mass is 9.71. The van der Waals surface area contributed by atoms with Crippen molar-refractivity contribution in [1.29, 1.82) is 0 Å². The van der Waals surface area contributed by atoms with E-state index in [0.29, 0.717) is 11.2 Å². The molecule has 0 bridgehead atoms. The van der Waals surface area contributed by atoms with Crippen molar-refractivity contribution in [1.82, 2.24) is 4.98 Å². The summed E-state index contributed by atoms with van der Waals surface area (Å²) in [5.41, 5.74) is 2.16. The molecule has 0 saturated heterocycles. The summed E-state index contributed by atoms with van der Waals surface area (Å²) >= 11 is 0. The Bertz CT molecular complexity index is 629. The molecule has 3 rings (SSSR count). The molecule has 0 atom stereocenters. The fraction of sp³-hybridized carbons (Fsp3) is 0.444. The van der Waals surface area contributed by atoms with Crippen molar-refractivity contribution in [2.24, 2.45) is 11.3 Å². The van der Waals surface area contributed by atoms with Crippen LogP contribution < -0.4 is 0 Å². The molecular formula is C18H21NO. The zero-order chi connectivity index (χ0) is 14.2. The molecule has 0 unspecified atom stereocenters. The summed E-state index contributed by atoms with van der Waals surface area (Å²) in [7, 11) is 0. The minimum Gasteiger partial charge on any atom is -0.294 e. The molecule has 1 aromatic heterocycles. The third-order valence-corrected chi connectivity index (χ3v) is 4.62. The van der Waals surface area contributed by atoms with Crippen molar-refractivity contribution in [2.45, 2.75) is 39.5 Å². The Labute approximate surface area is 120 Å². The van der Waals surface area contributed by atoms with Gasteiger partial charge in [-0.3, -0.25) is 9.78 Å². The zero-order valence-corrected chi connectivity index (χ0v) is 12.2. The van der Waals surface area contributed by atoms with Crippen molar-refractivity contribution in [3.8, 4) is 0 Å². The van der Waals surface area contributed by atoms with Gasteiger partial charge in [0, 0.05) is 23.1 Å². The number of nitrogens with zero attached hydrogens (tertiary/aromatic N) is 1. The molecule has 1 aliphatic rings. The Kier molecular flexibility index (Phi) is 3.33. The first-order valence-corrected chi connectivity index (χ1v) is 7.45. The number of ketones is 1. The summed E-state index contributed by atoms with van der Waals surface area (Å²) in [5, 5.41) is 0.991. The van der Waals surface area contributed by atoms with Crippen LogP contribution in [0.15, 0.2) is 36.5 Å². The van der Waals surface area contributed by atoms with Crippen LogP contribution in [0.25, 0.3) is 10.9 Å². The largest absolute Gasteiger partial charge is 0.294 e. The predicted molar refractivity (Wildman–Crippen MR) is 81.8 cm³/mol. The lowest BCUT2D eigenvalue weighted by molar-refractivity contribution is 0.0840. The van der Waals surface area contributed by atoms with E-state index in [1.165, 1.54) is 0 Å². The van der Waals surface area contributed by atoms with Gasteiger partial charge in [-0.15, -0.1) is 0 Å². The first-order chi connectivity index (χ1) is 9.57. The van der Waals surface area contributed by atoms with Gasteiger partial charge < -0.3 is 0 Å². The first kappa shape index (κ1) is 13.3. The highest BCUT2D eigenvalue weighted by molar-refractivity contribution is 6.08. The highest BCUT2D eigenvalue weighted by Gasteiger charge is 2.31. The van der Waals surface area contributed by atoms with Gasteiger partial charge in [-0.2, -0.15) is 0 Å². The minimum absolute atomic E-state index is 0.189. The molecule has 2 aromatic rings. The van der Waals surface area contributed by atoms with Crippen LogP contribution in [0.4, 0.5) is 0 Å². The quantitative estimate of drug-likeness (QED) is 0.742. The van der Waals surface area contributed by atoms with Gasteiger partial charge in [-0.25, -0.2) is 0 Å². The van der Waals surface area contributed by atoms with E-state index >= 15 is 0 Å². The molecule has 0 amide bonds. The maximum absolute atomic E-state index is 12.8. The van der Waals surface area contributed by atoms with Gasteiger partial charge >= 0.3 is 0 Å². The maximum Gasteiger partial charge on any atom is 0.166 e. The second-order valence-corrected chi connectivity index (χ2v) is 6.68. The van der Waals surface area contributed by atoms with E-state index in [2.05, 4.69) is 18.8 Å². The van der Waals surface area contributed by atoms with E-state index in [4.69, 9.17) is 0 Å². The summed E-state index contributed by atoms with van der Waals surface area (Å²) < 4.78 is 0. The fourth-order valence-electron chi connectivity index (χ4n) is 3.20. The van der Waals surface area contributed by atoms with Gasteiger partial charge in [-0.05, 0) is 43.2 Å². The minimum atomic E-state index is 0.189. The zero-order valence-electron chi connectivity index (χ0n) is 12.2. The molecule has 1 aliphatic carbocycles. The summed E-state index contributed by atoms with van der Waals surface area (Å²) in [4.78, 5) is 17.1. The van der Waals surface area contributed by atoms with Gasteiger partial charge in [-0.1, -0.05) is 32.0 Å². The molecule has 2 nitrogen and oxygen atoms in total. The number of hydrogen-bond donors (Lipinski definition) is 0. The molecule has 1 heterocycles. The SMILES string of the molecule is CC1(C)CCC(C(=O)c2cccc3ncccc23)CC1. The molecular weight excluding hydrogens is 246 g/mol. The molecule has 0 radical (unpaired) electrons. The Morgan fingerprint density at radius 3 is 2.65 bits per heavy atom. The molecule has 104 valence electrons. The summed E-state index contributed by atoms with van der Waals surface area (Å²) in [6.07, 6.45) is 6.10. The predicted octanol–water partition coefficient (Wildman–Crippen LogP) is 4.63. The summed E-state index contributed by atoms with van der Waals surface area (Å²) in [6, 6.07) is 9.77. The monoisotopic (exact) mass is 267 g/mol. The van der Waals surface area contributed by atoms with Gasteiger partial charge in [0.2, 0.25) is 0 Å². The average Bonchev–Trinajstić information content (AvgIpc) is 2.46. The fourth-order valence-corrected chi connectivity index (χ4v) is 3.20. The second-order valence-electron chi connectivity index (χ2n) is 6.68. The lowest BCUT2D eigenvalue weighted by Gasteiger charge is -2.33. The molecule has 1 fully saturated rings. The van der Waals surface area contributed by atoms with Crippen molar-refractivity contribution in [3.63, 3.8) is 0 Å². The second kappa shape index (κ2) is 5.01. The van der Waals surface area contributed by atoms with Gasteiger partial charge in [0.1, 0.15) is 0 Å². The van der Waals surface area contributed by atoms with E-state index < -0.39 is 0 Å². The first-order valence-electron chi connectivity index (χ1n) is 7.45. The van der Waals surface area contributed by atoms with E-state index in [-0.39, 0.29) is 5.92 Å². The molecule has 2 heteroatoms. The number of carbonyl (C=O) groups excluding carboxylic acids is 1. The smallest absolute Gasteiger partial charge is 0.166 e. The number of benzene rings is 1. The Hall–Kier alpha value is -1.70. The van der Waals surface area contributed by atoms with Crippen LogP contribution >= 0.6 is 0 Å². The molecule has 0 spiro atoms. The Morgan fingerprint density at radius 2 is 1.90 bits per heavy atom. The number of aromatic nitrogens is 1. The van der Waals surface area contributed by atoms with Crippen LogP contribution in [0.1, 0.15) is 49.9 Å². The van der Waals surface area contributed by atoms with Gasteiger partial charge in [0.15, 0.2) is 5.78 Å². The van der Waals surface area contributed by atoms with Gasteiger partial charge in [0.05, 0.1) is 5.52 Å². The normalized spacial score (nSPS) is 19.1. The Balaban J connectivity index is 1.90. The number of pyridine rings is 1. The van der Waals surface area contributed by atoms with Crippen LogP contribution in [-0.4, -0.2) is 10.8 Å². The number of rotatable bonds is 2. The third kappa shape index (κ3) is 2.47. The van der Waals surface area contributed by atoms with Crippen LogP contribution in [0, 0.1) is 11.3 Å². The maximum atomic E-state index is 12.8. The topological polar surface area (TPSA) is 30.0 Å². The average molecular weight is 267 g/mol. The van der Waals surface area contributed by atoms with Crippen LogP contribution in [0.5, 0.6) is 0 Å². The number of carbonyl (C=O) groups is 1. The van der Waals surface area contributed by atoms with Crippen LogP contribution in [0.2, 0.25) is 0 Å². The van der Waals surface area contributed by atoms with E-state index in [1.807, 2.05) is 30.3 Å². The van der Waals surface area contributed by atoms with Crippen LogP contribution in [0.3, 0.4) is 0 Å². The van der Waals surface area contributed by atoms with Crippen molar-refractivity contribution in [3.05, 3.63) is 42.1 Å². The van der Waals surface area contributed by atoms with E-state index in [0.717, 1.165) is 42.1 Å². The number of fused-ring (bicyclic) bond motifs is 1. The molecule has 1 saturated carbocycles. The third-order valence-electron chi connectivity index (χ3n) is 4.62. The lowest BCUT2D eigenvalue weighted by Crippen LogP contribution is -2.26. The van der Waals surface area contributed by atoms with E-state index in [1.54, 1.807) is 6.20 Å². The molecule has 20 heavy (non-hydrogen) atoms. The van der Waals surface area contributed by atoms with E-state index in [9.17, 15) is 4.79 Å². The molecule has 0 aliphatic heterocycles. The summed E-state index contributed by atoms with van der Waals surface area (Å²) in [6.45, 7) is 4.60. The van der Waals surface area contributed by atoms with Crippen molar-refractivity contribution in [2.75, 3.05) is 0 Å². The highest BCUT2D eigenvalue weighted by Crippen LogP contribution is 2.39. The van der Waals surface area contributed by atoms with Crippen molar-refractivity contribution < 1.29 is 4.79 Å². The number of Topliss-reactive ketones (excluding diaryl/α,β-unsaturated/α-hetero) is 1. The Morgan fingerprint density at radius 1 is 1.15 bits per heavy atom. The van der Waals surface area contributed by atoms with Crippen LogP contribution in [-0.2, 0) is 0 Å². The highest BCUT2D eigenvalue weighted by atomic mass is 16.1. The van der Waals surface area contributed by atoms with Gasteiger partial charge in [0.25, 0.3) is 0 Å². The standard InChI is InChI=1S/C18H21NO/c1-18(2)10-8-13(9-11-18)17(20)15-5-3-7-16-14(15)6-4-12-19-16/h3-7,12-13H,8-11H2,1-2H3. The molecule has 1 aromatic carbocycles.